The number of hydrogen-bond donors (Lipinski definition) is 1. The molecule has 29 heavy (non-hydrogen) atoms. The van der Waals surface area contributed by atoms with Gasteiger partial charge >= 0.3 is 0 Å². The van der Waals surface area contributed by atoms with E-state index < -0.39 is 0 Å². The molecule has 0 saturated heterocycles. The van der Waals surface area contributed by atoms with Crippen LogP contribution in [-0.4, -0.2) is 32.7 Å². The lowest BCUT2D eigenvalue weighted by Crippen LogP contribution is -1.99. The number of H-pyrrole nitrogens is 1. The zero-order valence-electron chi connectivity index (χ0n) is 16.0. The van der Waals surface area contributed by atoms with Crippen LogP contribution in [0.3, 0.4) is 0 Å². The van der Waals surface area contributed by atoms with Crippen molar-refractivity contribution in [2.45, 2.75) is 31.6 Å². The molecule has 2 aromatic carbocycles. The number of rotatable bonds is 4. The number of aromatic amines is 1. The van der Waals surface area contributed by atoms with Crippen LogP contribution >= 0.6 is 0 Å². The number of halogens is 1. The van der Waals surface area contributed by atoms with E-state index in [9.17, 15) is 4.39 Å². The third kappa shape index (κ3) is 3.12. The van der Waals surface area contributed by atoms with Crippen molar-refractivity contribution in [2.24, 2.45) is 0 Å². The van der Waals surface area contributed by atoms with Crippen molar-refractivity contribution in [1.82, 2.24) is 25.6 Å². The Labute approximate surface area is 167 Å². The number of methoxy groups -OCH3 is 1. The average molecular weight is 389 g/mol. The fourth-order valence-corrected chi connectivity index (χ4v) is 4.34. The number of ether oxygens (including phenoxy) is 1. The largest absolute Gasteiger partial charge is 0.497 e. The molecule has 2 heterocycles. The summed E-state index contributed by atoms with van der Waals surface area (Å²) in [6.45, 7) is 0. The van der Waals surface area contributed by atoms with Gasteiger partial charge in [-0.3, -0.25) is 4.98 Å². The van der Waals surface area contributed by atoms with Gasteiger partial charge in [-0.15, -0.1) is 10.2 Å². The van der Waals surface area contributed by atoms with Gasteiger partial charge in [-0.1, -0.05) is 31.0 Å². The molecule has 2 aromatic heterocycles. The van der Waals surface area contributed by atoms with Gasteiger partial charge in [0.1, 0.15) is 11.6 Å². The Hall–Kier alpha value is -3.35. The topological polar surface area (TPSA) is 76.6 Å². The third-order valence-corrected chi connectivity index (χ3v) is 5.75. The molecule has 0 unspecified atom stereocenters. The van der Waals surface area contributed by atoms with Gasteiger partial charge in [0.25, 0.3) is 0 Å². The van der Waals surface area contributed by atoms with E-state index in [1.54, 1.807) is 7.11 Å². The molecule has 0 spiro atoms. The molecule has 0 amide bonds. The first kappa shape index (κ1) is 17.7. The first-order valence-electron chi connectivity index (χ1n) is 9.75. The van der Waals surface area contributed by atoms with Gasteiger partial charge in [0, 0.05) is 22.6 Å². The van der Waals surface area contributed by atoms with Gasteiger partial charge in [-0.2, -0.15) is 5.21 Å². The summed E-state index contributed by atoms with van der Waals surface area (Å²) in [5.74, 6) is 1.34. The molecule has 1 fully saturated rings. The average Bonchev–Trinajstić information content (AvgIpc) is 3.47. The van der Waals surface area contributed by atoms with Crippen molar-refractivity contribution in [3.8, 4) is 28.3 Å². The summed E-state index contributed by atoms with van der Waals surface area (Å²) in [6.07, 6.45) is 5.91. The second kappa shape index (κ2) is 7.24. The predicted molar refractivity (Wildman–Crippen MR) is 108 cm³/mol. The number of nitrogens with one attached hydrogen (secondary N) is 1. The summed E-state index contributed by atoms with van der Waals surface area (Å²) in [7, 11) is 1.61. The highest BCUT2D eigenvalue weighted by Crippen LogP contribution is 2.41. The molecule has 1 N–H and O–H groups in total. The van der Waals surface area contributed by atoms with Crippen LogP contribution in [0.4, 0.5) is 4.39 Å². The molecule has 146 valence electrons. The highest BCUT2D eigenvalue weighted by molar-refractivity contribution is 5.95. The lowest BCUT2D eigenvalue weighted by Gasteiger charge is -2.16. The monoisotopic (exact) mass is 389 g/mol. The van der Waals surface area contributed by atoms with E-state index in [1.807, 2.05) is 30.3 Å². The molecule has 5 rings (SSSR count). The van der Waals surface area contributed by atoms with E-state index in [2.05, 4.69) is 31.7 Å². The van der Waals surface area contributed by atoms with Crippen LogP contribution in [0.1, 0.15) is 37.2 Å². The van der Waals surface area contributed by atoms with Gasteiger partial charge in [0.2, 0.25) is 5.82 Å². The molecule has 1 aliphatic carbocycles. The first-order valence-corrected chi connectivity index (χ1v) is 9.75. The lowest BCUT2D eigenvalue weighted by atomic mass is 9.88. The molecule has 4 aromatic rings. The summed E-state index contributed by atoms with van der Waals surface area (Å²) in [6, 6.07) is 11.5. The Morgan fingerprint density at radius 1 is 1.10 bits per heavy atom. The highest BCUT2D eigenvalue weighted by Gasteiger charge is 2.23. The molecule has 0 radical (unpaired) electrons. The quantitative estimate of drug-likeness (QED) is 0.538. The van der Waals surface area contributed by atoms with Gasteiger partial charge < -0.3 is 4.74 Å². The van der Waals surface area contributed by atoms with Crippen molar-refractivity contribution < 1.29 is 9.13 Å². The van der Waals surface area contributed by atoms with E-state index in [0.717, 1.165) is 34.9 Å². The summed E-state index contributed by atoms with van der Waals surface area (Å²) in [5.41, 5.74) is 4.19. The Balaban J connectivity index is 1.71. The van der Waals surface area contributed by atoms with Crippen LogP contribution < -0.4 is 4.74 Å². The summed E-state index contributed by atoms with van der Waals surface area (Å²) < 4.78 is 20.2. The molecule has 0 atom stereocenters. The van der Waals surface area contributed by atoms with Gasteiger partial charge in [-0.25, -0.2) is 4.39 Å². The normalized spacial score (nSPS) is 14.6. The maximum absolute atomic E-state index is 14.9. The van der Waals surface area contributed by atoms with E-state index >= 15 is 0 Å². The number of aromatic nitrogens is 5. The van der Waals surface area contributed by atoms with E-state index in [4.69, 9.17) is 4.74 Å². The Morgan fingerprint density at radius 3 is 2.72 bits per heavy atom. The maximum Gasteiger partial charge on any atom is 0.204 e. The van der Waals surface area contributed by atoms with Crippen LogP contribution in [0.25, 0.3) is 33.4 Å². The standard InChI is InChI=1S/C22H20FN5O/c1-29-15-7-9-17-20(11-15)24-12-19(23)21(17)14-6-8-16(22-25-27-28-26-22)18(10-14)13-4-2-3-5-13/h6-13H,2-5H2,1H3,(H,25,26,27,28). The number of nitrogens with zero attached hydrogens (tertiary/aromatic N) is 4. The third-order valence-electron chi connectivity index (χ3n) is 5.75. The predicted octanol–water partition coefficient (Wildman–Crippen LogP) is 4.89. The Morgan fingerprint density at radius 2 is 1.97 bits per heavy atom. The molecule has 0 aliphatic heterocycles. The highest BCUT2D eigenvalue weighted by atomic mass is 19.1. The van der Waals surface area contributed by atoms with Crippen molar-refractivity contribution in [3.63, 3.8) is 0 Å². The summed E-state index contributed by atoms with van der Waals surface area (Å²) in [4.78, 5) is 4.25. The fraction of sp³-hybridized carbons (Fsp3) is 0.273. The zero-order valence-corrected chi connectivity index (χ0v) is 16.0. The van der Waals surface area contributed by atoms with Crippen molar-refractivity contribution in [3.05, 3.63) is 54.0 Å². The smallest absolute Gasteiger partial charge is 0.204 e. The molecule has 1 aliphatic rings. The lowest BCUT2D eigenvalue weighted by molar-refractivity contribution is 0.415. The fourth-order valence-electron chi connectivity index (χ4n) is 4.34. The van der Waals surface area contributed by atoms with Crippen LogP contribution in [0, 0.1) is 5.82 Å². The maximum atomic E-state index is 14.9. The van der Waals surface area contributed by atoms with Crippen LogP contribution in [0.2, 0.25) is 0 Å². The van der Waals surface area contributed by atoms with E-state index in [-0.39, 0.29) is 5.82 Å². The number of pyridine rings is 1. The van der Waals surface area contributed by atoms with Gasteiger partial charge in [0.05, 0.1) is 18.8 Å². The zero-order chi connectivity index (χ0) is 19.8. The number of fused-ring (bicyclic) bond motifs is 1. The molecular weight excluding hydrogens is 369 g/mol. The molecule has 7 heteroatoms. The minimum absolute atomic E-state index is 0.340. The number of benzene rings is 2. The van der Waals surface area contributed by atoms with Crippen LogP contribution in [0.5, 0.6) is 5.75 Å². The van der Waals surface area contributed by atoms with Gasteiger partial charge in [0.15, 0.2) is 0 Å². The Kier molecular flexibility index (Phi) is 4.42. The van der Waals surface area contributed by atoms with Gasteiger partial charge in [-0.05, 0) is 47.2 Å². The first-order chi connectivity index (χ1) is 14.2. The number of tetrazole rings is 1. The SMILES string of the molecule is COc1ccc2c(-c3ccc(-c4nn[nH]n4)c(C4CCCC4)c3)c(F)cnc2c1. The minimum Gasteiger partial charge on any atom is -0.497 e. The second-order valence-corrected chi connectivity index (χ2v) is 7.38. The van der Waals surface area contributed by atoms with Crippen molar-refractivity contribution in [2.75, 3.05) is 7.11 Å². The van der Waals surface area contributed by atoms with E-state index in [0.29, 0.717) is 28.6 Å². The summed E-state index contributed by atoms with van der Waals surface area (Å²) in [5, 5.41) is 15.3. The second-order valence-electron chi connectivity index (χ2n) is 7.38. The number of hydrogen-bond acceptors (Lipinski definition) is 5. The molecule has 0 bridgehead atoms. The Bertz CT molecular complexity index is 1170. The molecular formula is C22H20FN5O. The van der Waals surface area contributed by atoms with E-state index in [1.165, 1.54) is 19.0 Å². The van der Waals surface area contributed by atoms with Crippen molar-refractivity contribution in [1.29, 1.82) is 0 Å². The van der Waals surface area contributed by atoms with Crippen LogP contribution in [-0.2, 0) is 0 Å². The minimum atomic E-state index is -0.340. The summed E-state index contributed by atoms with van der Waals surface area (Å²) >= 11 is 0. The van der Waals surface area contributed by atoms with Crippen LogP contribution in [0.15, 0.2) is 42.6 Å². The molecule has 1 saturated carbocycles. The molecule has 6 nitrogen and oxygen atoms in total. The van der Waals surface area contributed by atoms with Crippen molar-refractivity contribution >= 4 is 10.9 Å².